The van der Waals surface area contributed by atoms with E-state index in [1.54, 1.807) is 6.34 Å². The van der Waals surface area contributed by atoms with Gasteiger partial charge in [0.15, 0.2) is 10.3 Å². The molecule has 1 aromatic heterocycles. The smallest absolute Gasteiger partial charge is 0.197 e. The Bertz CT molecular complexity index is 376. The van der Waals surface area contributed by atoms with Crippen LogP contribution in [0.5, 0.6) is 0 Å². The molecule has 3 nitrogen and oxygen atoms in total. The molecule has 3 rings (SSSR count). The Morgan fingerprint density at radius 2 is 2.38 bits per heavy atom. The summed E-state index contributed by atoms with van der Waals surface area (Å²) in [6.45, 7) is 0.846. The van der Waals surface area contributed by atoms with Gasteiger partial charge in [-0.05, 0) is 10.5 Å². The normalized spacial score (nSPS) is 21.1. The van der Waals surface area contributed by atoms with E-state index in [-0.39, 0.29) is 0 Å². The van der Waals surface area contributed by atoms with Crippen molar-refractivity contribution in [3.8, 4) is 0 Å². The summed E-state index contributed by atoms with van der Waals surface area (Å²) in [5, 5.41) is 6.25. The van der Waals surface area contributed by atoms with Crippen molar-refractivity contribution in [3.63, 3.8) is 0 Å². The number of nitrogens with zero attached hydrogens (tertiary/aromatic N) is 1. The molecule has 0 amide bonds. The van der Waals surface area contributed by atoms with Gasteiger partial charge in [-0.15, -0.1) is 0 Å². The molecule has 1 aromatic rings. The SMILES string of the molecule is Nc1c[s+](C2CC2)c2c1NC=NC2. The number of hydrogen-bond acceptors (Lipinski definition) is 3. The summed E-state index contributed by atoms with van der Waals surface area (Å²) in [4.78, 5) is 5.67. The molecule has 2 aliphatic rings. The lowest BCUT2D eigenvalue weighted by molar-refractivity contribution is 1.09. The van der Waals surface area contributed by atoms with E-state index < -0.39 is 0 Å². The lowest BCUT2D eigenvalue weighted by Crippen LogP contribution is -2.04. The van der Waals surface area contributed by atoms with E-state index in [0.717, 1.165) is 23.2 Å². The molecule has 0 bridgehead atoms. The van der Waals surface area contributed by atoms with Crippen LogP contribution in [-0.4, -0.2) is 6.34 Å². The molecule has 0 saturated heterocycles. The average molecular weight is 194 g/mol. The van der Waals surface area contributed by atoms with Crippen molar-refractivity contribution < 1.29 is 0 Å². The van der Waals surface area contributed by atoms with Crippen molar-refractivity contribution in [2.75, 3.05) is 11.1 Å². The molecule has 1 aliphatic heterocycles. The first-order valence-corrected chi connectivity index (χ1v) is 5.89. The second-order valence-electron chi connectivity index (χ2n) is 3.56. The molecule has 1 fully saturated rings. The third kappa shape index (κ3) is 1.05. The monoisotopic (exact) mass is 194 g/mol. The zero-order valence-corrected chi connectivity index (χ0v) is 8.10. The largest absolute Gasteiger partial charge is 0.393 e. The van der Waals surface area contributed by atoms with E-state index in [4.69, 9.17) is 5.73 Å². The summed E-state index contributed by atoms with van der Waals surface area (Å²) in [7, 11) is 0.302. The van der Waals surface area contributed by atoms with Crippen LogP contribution < -0.4 is 11.1 Å². The number of fused-ring (bicyclic) bond motifs is 1. The van der Waals surface area contributed by atoms with Crippen molar-refractivity contribution in [1.29, 1.82) is 0 Å². The molecule has 1 unspecified atom stereocenters. The van der Waals surface area contributed by atoms with Crippen molar-refractivity contribution in [1.82, 2.24) is 0 Å². The highest BCUT2D eigenvalue weighted by Gasteiger charge is 2.38. The van der Waals surface area contributed by atoms with Crippen LogP contribution in [0.1, 0.15) is 23.0 Å². The van der Waals surface area contributed by atoms with Crippen molar-refractivity contribution in [3.05, 3.63) is 10.3 Å². The molecule has 2 heterocycles. The molecular weight excluding hydrogens is 182 g/mol. The fraction of sp³-hybridized carbons (Fsp3) is 0.444. The van der Waals surface area contributed by atoms with E-state index in [2.05, 4.69) is 15.7 Å². The topological polar surface area (TPSA) is 50.4 Å². The highest BCUT2D eigenvalue weighted by molar-refractivity contribution is 7.32. The molecular formula is C9H12N3S+. The summed E-state index contributed by atoms with van der Waals surface area (Å²) in [5.41, 5.74) is 8.00. The summed E-state index contributed by atoms with van der Waals surface area (Å²) in [6, 6.07) is 0. The van der Waals surface area contributed by atoms with Gasteiger partial charge in [-0.2, -0.15) is 0 Å². The third-order valence-corrected chi connectivity index (χ3v) is 5.12. The van der Waals surface area contributed by atoms with Gasteiger partial charge in [-0.1, -0.05) is 0 Å². The Morgan fingerprint density at radius 1 is 1.54 bits per heavy atom. The van der Waals surface area contributed by atoms with Crippen LogP contribution >= 0.6 is 10.5 Å². The van der Waals surface area contributed by atoms with Gasteiger partial charge in [0.25, 0.3) is 0 Å². The summed E-state index contributed by atoms with van der Waals surface area (Å²) >= 11 is 0. The minimum atomic E-state index is 0.302. The van der Waals surface area contributed by atoms with E-state index in [0.29, 0.717) is 10.5 Å². The Balaban J connectivity index is 2.12. The first-order chi connectivity index (χ1) is 6.36. The van der Waals surface area contributed by atoms with Gasteiger partial charge < -0.3 is 11.1 Å². The van der Waals surface area contributed by atoms with Crippen LogP contribution in [0.4, 0.5) is 11.4 Å². The number of hydrogen-bond donors (Lipinski definition) is 2. The molecule has 68 valence electrons. The Hall–Kier alpha value is -1.03. The first kappa shape index (κ1) is 7.38. The zero-order chi connectivity index (χ0) is 8.84. The predicted octanol–water partition coefficient (Wildman–Crippen LogP) is 2.31. The number of nitrogens with two attached hydrogens (primary N) is 1. The molecule has 0 radical (unpaired) electrons. The molecule has 1 aliphatic carbocycles. The molecule has 0 spiro atoms. The van der Waals surface area contributed by atoms with Gasteiger partial charge in [0.2, 0.25) is 0 Å². The van der Waals surface area contributed by atoms with E-state index in [1.165, 1.54) is 17.7 Å². The van der Waals surface area contributed by atoms with Crippen LogP contribution in [0.25, 0.3) is 0 Å². The summed E-state index contributed by atoms with van der Waals surface area (Å²) < 4.78 is 0. The van der Waals surface area contributed by atoms with Crippen molar-refractivity contribution in [2.45, 2.75) is 24.6 Å². The highest BCUT2D eigenvalue weighted by Crippen LogP contribution is 2.56. The number of aliphatic imine (C=N–C) groups is 1. The Morgan fingerprint density at radius 3 is 3.15 bits per heavy atom. The third-order valence-electron chi connectivity index (χ3n) is 2.52. The van der Waals surface area contributed by atoms with Crippen LogP contribution in [-0.2, 0) is 6.54 Å². The lowest BCUT2D eigenvalue weighted by Gasteiger charge is -2.04. The van der Waals surface area contributed by atoms with Crippen LogP contribution in [0.2, 0.25) is 0 Å². The van der Waals surface area contributed by atoms with Gasteiger partial charge >= 0.3 is 0 Å². The minimum absolute atomic E-state index is 0.302. The standard InChI is InChI=1S/C9H12N3S/c10-7-4-13(6-1-2-6)8-3-11-5-12-9(7)8/h4-6H,1-3,10H2,(H,11,12)/q+1. The lowest BCUT2D eigenvalue weighted by atomic mass is 10.3. The summed E-state index contributed by atoms with van der Waals surface area (Å²) in [6.07, 6.45) is 4.49. The second-order valence-corrected chi connectivity index (χ2v) is 5.70. The molecule has 1 atom stereocenters. The Labute approximate surface area is 79.6 Å². The maximum Gasteiger partial charge on any atom is 0.197 e. The van der Waals surface area contributed by atoms with Gasteiger partial charge in [-0.25, -0.2) is 0 Å². The van der Waals surface area contributed by atoms with E-state index >= 15 is 0 Å². The zero-order valence-electron chi connectivity index (χ0n) is 7.29. The summed E-state index contributed by atoms with van der Waals surface area (Å²) in [5.74, 6) is 0. The highest BCUT2D eigenvalue weighted by atomic mass is 32.2. The van der Waals surface area contributed by atoms with Crippen LogP contribution in [0, 0.1) is 0 Å². The maximum absolute atomic E-state index is 5.93. The van der Waals surface area contributed by atoms with Gasteiger partial charge in [-0.3, -0.25) is 4.99 Å². The fourth-order valence-corrected chi connectivity index (χ4v) is 4.13. The van der Waals surface area contributed by atoms with Gasteiger partial charge in [0.05, 0.1) is 6.34 Å². The quantitative estimate of drug-likeness (QED) is 0.674. The molecule has 0 aromatic carbocycles. The molecule has 3 N–H and O–H groups in total. The average Bonchev–Trinajstić information content (AvgIpc) is 2.94. The second kappa shape index (κ2) is 2.48. The number of nitrogen functional groups attached to an aromatic ring is 1. The number of anilines is 2. The minimum Gasteiger partial charge on any atom is -0.393 e. The predicted molar refractivity (Wildman–Crippen MR) is 57.4 cm³/mol. The molecule has 1 saturated carbocycles. The number of nitrogens with one attached hydrogen (secondary N) is 1. The number of rotatable bonds is 1. The van der Waals surface area contributed by atoms with Crippen molar-refractivity contribution in [2.24, 2.45) is 4.99 Å². The van der Waals surface area contributed by atoms with Gasteiger partial charge in [0.1, 0.15) is 23.2 Å². The van der Waals surface area contributed by atoms with E-state index in [1.807, 2.05) is 0 Å². The number of thiophene rings is 1. The van der Waals surface area contributed by atoms with Crippen LogP contribution in [0.3, 0.4) is 0 Å². The Kier molecular flexibility index (Phi) is 1.41. The first-order valence-electron chi connectivity index (χ1n) is 4.54. The van der Waals surface area contributed by atoms with Crippen molar-refractivity contribution >= 4 is 28.2 Å². The van der Waals surface area contributed by atoms with Gasteiger partial charge in [0, 0.05) is 12.8 Å². The van der Waals surface area contributed by atoms with Crippen LogP contribution in [0.15, 0.2) is 10.4 Å². The fourth-order valence-electron chi connectivity index (χ4n) is 1.72. The maximum atomic E-state index is 5.93. The van der Waals surface area contributed by atoms with E-state index in [9.17, 15) is 0 Å². The molecule has 4 heteroatoms. The molecule has 13 heavy (non-hydrogen) atoms.